The number of ether oxygens (including phenoxy) is 1. The first-order valence-corrected chi connectivity index (χ1v) is 10.3. The third-order valence-electron chi connectivity index (χ3n) is 5.31. The minimum absolute atomic E-state index is 0.570. The molecule has 1 saturated heterocycles. The van der Waals surface area contributed by atoms with Gasteiger partial charge in [-0.1, -0.05) is 41.5 Å². The number of nitrogens with zero attached hydrogens (tertiary/aromatic N) is 1. The van der Waals surface area contributed by atoms with Gasteiger partial charge in [0.2, 0.25) is 0 Å². The van der Waals surface area contributed by atoms with Crippen molar-refractivity contribution >= 4 is 0 Å². The summed E-state index contributed by atoms with van der Waals surface area (Å²) in [4.78, 5) is 0. The van der Waals surface area contributed by atoms with Crippen molar-refractivity contribution in [3.05, 3.63) is 47.2 Å². The molecule has 0 aromatic heterocycles. The summed E-state index contributed by atoms with van der Waals surface area (Å²) in [6, 6.07) is 0. The van der Waals surface area contributed by atoms with Crippen molar-refractivity contribution in [3.63, 3.8) is 0 Å². The number of hydrazine groups is 1. The molecule has 146 valence electrons. The van der Waals surface area contributed by atoms with Gasteiger partial charge in [0.15, 0.2) is 0 Å². The molecule has 1 unspecified atom stereocenters. The van der Waals surface area contributed by atoms with Crippen LogP contribution in [0.1, 0.15) is 65.7 Å². The highest BCUT2D eigenvalue weighted by atomic mass is 16.5. The molecule has 2 rings (SSSR count). The quantitative estimate of drug-likeness (QED) is 0.548. The molecule has 0 bridgehead atoms. The molecular formula is C23H38N2O. The molecule has 2 aliphatic rings. The van der Waals surface area contributed by atoms with Gasteiger partial charge in [-0.3, -0.25) is 0 Å². The summed E-state index contributed by atoms with van der Waals surface area (Å²) in [7, 11) is 0. The lowest BCUT2D eigenvalue weighted by molar-refractivity contribution is 0.0165. The maximum Gasteiger partial charge on any atom is 0.0612 e. The van der Waals surface area contributed by atoms with E-state index in [-0.39, 0.29) is 0 Å². The average molecular weight is 359 g/mol. The van der Waals surface area contributed by atoms with Crippen LogP contribution in [0.5, 0.6) is 0 Å². The predicted octanol–water partition coefficient (Wildman–Crippen LogP) is 5.54. The number of allylic oxidation sites excluding steroid dienone is 7. The normalized spacial score (nSPS) is 21.9. The third-order valence-corrected chi connectivity index (χ3v) is 5.31. The van der Waals surface area contributed by atoms with E-state index in [0.29, 0.717) is 5.92 Å². The van der Waals surface area contributed by atoms with Crippen molar-refractivity contribution in [1.82, 2.24) is 10.4 Å². The van der Waals surface area contributed by atoms with Gasteiger partial charge in [-0.05, 0) is 65.7 Å². The van der Waals surface area contributed by atoms with Gasteiger partial charge in [0.1, 0.15) is 0 Å². The van der Waals surface area contributed by atoms with E-state index < -0.39 is 0 Å². The van der Waals surface area contributed by atoms with Crippen LogP contribution in [-0.2, 0) is 4.74 Å². The molecule has 1 heterocycles. The van der Waals surface area contributed by atoms with Crippen LogP contribution in [0, 0.1) is 5.92 Å². The highest BCUT2D eigenvalue weighted by Gasteiger charge is 2.20. The van der Waals surface area contributed by atoms with Gasteiger partial charge in [0, 0.05) is 24.7 Å². The number of hydrogen-bond acceptors (Lipinski definition) is 3. The largest absolute Gasteiger partial charge is 0.379 e. The number of nitrogens with one attached hydrogen (secondary N) is 1. The Morgan fingerprint density at radius 3 is 2.73 bits per heavy atom. The fraction of sp³-hybridized carbons (Fsp3) is 0.652. The van der Waals surface area contributed by atoms with Crippen molar-refractivity contribution in [1.29, 1.82) is 0 Å². The lowest BCUT2D eigenvalue weighted by Crippen LogP contribution is -2.46. The van der Waals surface area contributed by atoms with Crippen LogP contribution in [0.25, 0.3) is 0 Å². The molecule has 0 amide bonds. The van der Waals surface area contributed by atoms with E-state index >= 15 is 0 Å². The van der Waals surface area contributed by atoms with Gasteiger partial charge in [-0.15, -0.1) is 0 Å². The maximum atomic E-state index is 5.41. The average Bonchev–Trinajstić information content (AvgIpc) is 2.62. The third kappa shape index (κ3) is 7.92. The summed E-state index contributed by atoms with van der Waals surface area (Å²) >= 11 is 0. The molecule has 1 aliphatic heterocycles. The predicted molar refractivity (Wildman–Crippen MR) is 112 cm³/mol. The first-order valence-electron chi connectivity index (χ1n) is 10.3. The Kier molecular flexibility index (Phi) is 9.21. The Hall–Kier alpha value is -1.32. The summed E-state index contributed by atoms with van der Waals surface area (Å²) in [5.41, 5.74) is 9.27. The summed E-state index contributed by atoms with van der Waals surface area (Å²) in [5.74, 6) is 0.570. The molecule has 0 radical (unpaired) electrons. The second-order valence-electron chi connectivity index (χ2n) is 7.99. The summed E-state index contributed by atoms with van der Waals surface area (Å²) < 4.78 is 5.41. The van der Waals surface area contributed by atoms with Crippen LogP contribution in [0.2, 0.25) is 0 Å². The van der Waals surface area contributed by atoms with E-state index in [1.165, 1.54) is 61.8 Å². The molecule has 0 spiro atoms. The highest BCUT2D eigenvalue weighted by Crippen LogP contribution is 2.30. The second kappa shape index (κ2) is 11.4. The lowest BCUT2D eigenvalue weighted by Gasteiger charge is -2.33. The van der Waals surface area contributed by atoms with Gasteiger partial charge >= 0.3 is 0 Å². The Morgan fingerprint density at radius 1 is 1.23 bits per heavy atom. The fourth-order valence-corrected chi connectivity index (χ4v) is 3.66. The second-order valence-corrected chi connectivity index (χ2v) is 7.99. The van der Waals surface area contributed by atoms with Crippen LogP contribution in [0.15, 0.2) is 47.2 Å². The zero-order chi connectivity index (χ0) is 18.8. The van der Waals surface area contributed by atoms with Gasteiger partial charge in [-0.25, -0.2) is 5.01 Å². The number of hydrogen-bond donors (Lipinski definition) is 1. The molecule has 0 aromatic rings. The van der Waals surface area contributed by atoms with Crippen LogP contribution in [0.4, 0.5) is 0 Å². The van der Waals surface area contributed by atoms with E-state index in [2.05, 4.69) is 56.0 Å². The van der Waals surface area contributed by atoms with Gasteiger partial charge in [0.25, 0.3) is 0 Å². The monoisotopic (exact) mass is 358 g/mol. The molecule has 1 aliphatic carbocycles. The summed E-state index contributed by atoms with van der Waals surface area (Å²) in [5, 5.41) is 2.25. The molecular weight excluding hydrogens is 320 g/mol. The topological polar surface area (TPSA) is 24.5 Å². The Balaban J connectivity index is 1.71. The van der Waals surface area contributed by atoms with Crippen molar-refractivity contribution in [2.75, 3.05) is 26.3 Å². The first-order chi connectivity index (χ1) is 12.5. The Morgan fingerprint density at radius 2 is 2.00 bits per heavy atom. The highest BCUT2D eigenvalue weighted by molar-refractivity contribution is 5.14. The lowest BCUT2D eigenvalue weighted by atomic mass is 9.85. The smallest absolute Gasteiger partial charge is 0.0612 e. The van der Waals surface area contributed by atoms with Gasteiger partial charge in [-0.2, -0.15) is 0 Å². The van der Waals surface area contributed by atoms with Crippen molar-refractivity contribution in [2.45, 2.75) is 65.7 Å². The Bertz CT molecular complexity index is 534. The molecule has 26 heavy (non-hydrogen) atoms. The summed E-state index contributed by atoms with van der Waals surface area (Å²) in [6.45, 7) is 14.5. The maximum absolute atomic E-state index is 5.41. The fourth-order valence-electron chi connectivity index (χ4n) is 3.66. The minimum atomic E-state index is 0.570. The molecule has 0 saturated carbocycles. The van der Waals surface area contributed by atoms with E-state index in [0.717, 1.165) is 26.3 Å². The van der Waals surface area contributed by atoms with E-state index in [9.17, 15) is 0 Å². The molecule has 0 aromatic carbocycles. The standard InChI is InChI=1S/C23H38N2O/c1-19(2)8-5-9-20(3)10-6-11-22-12-7-13-23(18-22)21(4)24-25-14-16-26-17-15-25/h8,10,12,23-24H,4-7,9,11,13-18H2,1-3H3/b20-10+. The SMILES string of the molecule is C=C(NN1CCOCC1)C1CCC=C(CC/C=C(\C)CCC=C(C)C)C1. The van der Waals surface area contributed by atoms with E-state index in [4.69, 9.17) is 4.74 Å². The van der Waals surface area contributed by atoms with Gasteiger partial charge in [0.05, 0.1) is 13.2 Å². The molecule has 1 fully saturated rings. The van der Waals surface area contributed by atoms with Crippen molar-refractivity contribution in [2.24, 2.45) is 5.92 Å². The first kappa shape index (κ1) is 21.0. The van der Waals surface area contributed by atoms with Crippen LogP contribution < -0.4 is 5.43 Å². The van der Waals surface area contributed by atoms with Crippen LogP contribution >= 0.6 is 0 Å². The Labute approximate surface area is 160 Å². The van der Waals surface area contributed by atoms with Crippen LogP contribution in [-0.4, -0.2) is 31.3 Å². The molecule has 1 atom stereocenters. The number of rotatable bonds is 9. The van der Waals surface area contributed by atoms with Gasteiger partial charge < -0.3 is 10.2 Å². The molecule has 3 heteroatoms. The number of morpholine rings is 1. The molecule has 3 nitrogen and oxygen atoms in total. The van der Waals surface area contributed by atoms with E-state index in [1.54, 1.807) is 5.57 Å². The summed E-state index contributed by atoms with van der Waals surface area (Å²) in [6.07, 6.45) is 15.5. The molecule has 1 N–H and O–H groups in total. The van der Waals surface area contributed by atoms with Crippen LogP contribution in [0.3, 0.4) is 0 Å². The minimum Gasteiger partial charge on any atom is -0.379 e. The zero-order valence-corrected chi connectivity index (χ0v) is 17.2. The van der Waals surface area contributed by atoms with E-state index in [1.807, 2.05) is 0 Å². The van der Waals surface area contributed by atoms with Crippen molar-refractivity contribution < 1.29 is 4.74 Å². The van der Waals surface area contributed by atoms with Crippen molar-refractivity contribution in [3.8, 4) is 0 Å². The zero-order valence-electron chi connectivity index (χ0n) is 17.2.